The Morgan fingerprint density at radius 2 is 1.88 bits per heavy atom. The van der Waals surface area contributed by atoms with E-state index in [9.17, 15) is 0 Å². The number of nitrogens with two attached hydrogens (primary N) is 1. The van der Waals surface area contributed by atoms with Crippen LogP contribution in [0.15, 0.2) is 42.6 Å². The van der Waals surface area contributed by atoms with Crippen LogP contribution in [-0.2, 0) is 0 Å². The second-order valence-corrected chi connectivity index (χ2v) is 4.34. The average Bonchev–Trinajstić information content (AvgIpc) is 3.14. The van der Waals surface area contributed by atoms with E-state index in [1.165, 1.54) is 29.7 Å². The zero-order chi connectivity index (χ0) is 11.0. The largest absolute Gasteiger partial charge is 0.397 e. The fraction of sp³-hybridized carbons (Fsp3) is 0.214. The van der Waals surface area contributed by atoms with E-state index in [2.05, 4.69) is 29.2 Å². The van der Waals surface area contributed by atoms with Crippen molar-refractivity contribution in [2.75, 3.05) is 5.73 Å². The van der Waals surface area contributed by atoms with Gasteiger partial charge in [-0.25, -0.2) is 0 Å². The summed E-state index contributed by atoms with van der Waals surface area (Å²) in [5, 5.41) is 0. The molecule has 1 aromatic carbocycles. The van der Waals surface area contributed by atoms with E-state index in [4.69, 9.17) is 5.73 Å². The lowest BCUT2D eigenvalue weighted by atomic mass is 10.0. The summed E-state index contributed by atoms with van der Waals surface area (Å²) in [6, 6.07) is 12.4. The highest BCUT2D eigenvalue weighted by atomic mass is 14.7. The minimum absolute atomic E-state index is 0.649. The summed E-state index contributed by atoms with van der Waals surface area (Å²) in [6.07, 6.45) is 4.29. The molecule has 0 aliphatic heterocycles. The van der Waals surface area contributed by atoms with Crippen LogP contribution in [0.25, 0.3) is 11.1 Å². The molecule has 1 fully saturated rings. The first-order valence-corrected chi connectivity index (χ1v) is 5.65. The topological polar surface area (TPSA) is 38.9 Å². The predicted octanol–water partition coefficient (Wildman–Crippen LogP) is 3.21. The number of nitrogens with zero attached hydrogens (tertiary/aromatic N) is 1. The minimum Gasteiger partial charge on any atom is -0.397 e. The van der Waals surface area contributed by atoms with Crippen LogP contribution in [0.1, 0.15) is 24.5 Å². The van der Waals surface area contributed by atoms with Gasteiger partial charge >= 0.3 is 0 Å². The highest BCUT2D eigenvalue weighted by molar-refractivity contribution is 5.70. The Bertz CT molecular complexity index is 501. The zero-order valence-corrected chi connectivity index (χ0v) is 9.06. The minimum atomic E-state index is 0.649. The van der Waals surface area contributed by atoms with Crippen molar-refractivity contribution in [3.05, 3.63) is 48.3 Å². The average molecular weight is 210 g/mol. The van der Waals surface area contributed by atoms with Crippen LogP contribution < -0.4 is 5.73 Å². The van der Waals surface area contributed by atoms with Crippen LogP contribution in [0, 0.1) is 0 Å². The third kappa shape index (κ3) is 1.67. The van der Waals surface area contributed by atoms with Gasteiger partial charge in [0.05, 0.1) is 17.6 Å². The van der Waals surface area contributed by atoms with Crippen molar-refractivity contribution >= 4 is 5.69 Å². The van der Waals surface area contributed by atoms with Crippen molar-refractivity contribution in [3.8, 4) is 11.1 Å². The summed E-state index contributed by atoms with van der Waals surface area (Å²) in [5.41, 5.74) is 10.2. The molecule has 0 bridgehead atoms. The van der Waals surface area contributed by atoms with Crippen molar-refractivity contribution in [1.82, 2.24) is 4.98 Å². The predicted molar refractivity (Wildman–Crippen MR) is 66.1 cm³/mol. The summed E-state index contributed by atoms with van der Waals surface area (Å²) in [7, 11) is 0. The molecule has 3 rings (SSSR count). The Morgan fingerprint density at radius 3 is 2.56 bits per heavy atom. The van der Waals surface area contributed by atoms with Crippen molar-refractivity contribution < 1.29 is 0 Å². The first kappa shape index (κ1) is 9.40. The van der Waals surface area contributed by atoms with Gasteiger partial charge in [-0.15, -0.1) is 0 Å². The third-order valence-electron chi connectivity index (χ3n) is 2.99. The number of nitrogen functional groups attached to an aromatic ring is 1. The fourth-order valence-corrected chi connectivity index (χ4v) is 2.02. The van der Waals surface area contributed by atoms with Gasteiger partial charge in [-0.3, -0.25) is 4.98 Å². The van der Waals surface area contributed by atoms with E-state index >= 15 is 0 Å². The highest BCUT2D eigenvalue weighted by Gasteiger charge is 2.27. The molecule has 1 aliphatic rings. The lowest BCUT2D eigenvalue weighted by Gasteiger charge is -2.08. The second-order valence-electron chi connectivity index (χ2n) is 4.34. The van der Waals surface area contributed by atoms with Crippen LogP contribution in [0.4, 0.5) is 5.69 Å². The number of rotatable bonds is 2. The maximum atomic E-state index is 5.82. The van der Waals surface area contributed by atoms with Gasteiger partial charge < -0.3 is 5.73 Å². The van der Waals surface area contributed by atoms with Gasteiger partial charge in [0.15, 0.2) is 0 Å². The van der Waals surface area contributed by atoms with E-state index in [0.717, 1.165) is 5.69 Å². The van der Waals surface area contributed by atoms with Crippen molar-refractivity contribution in [2.45, 2.75) is 18.8 Å². The monoisotopic (exact) mass is 210 g/mol. The molecule has 2 N–H and O–H groups in total. The number of aromatic nitrogens is 1. The van der Waals surface area contributed by atoms with Gasteiger partial charge in [0.2, 0.25) is 0 Å². The van der Waals surface area contributed by atoms with Crippen molar-refractivity contribution in [1.29, 1.82) is 0 Å². The molecule has 1 aliphatic carbocycles. The van der Waals surface area contributed by atoms with E-state index < -0.39 is 0 Å². The first-order valence-electron chi connectivity index (χ1n) is 5.65. The van der Waals surface area contributed by atoms with E-state index in [1.54, 1.807) is 6.20 Å². The molecule has 0 radical (unpaired) electrons. The summed E-state index contributed by atoms with van der Waals surface area (Å²) < 4.78 is 0. The van der Waals surface area contributed by atoms with Gasteiger partial charge in [-0.2, -0.15) is 0 Å². The number of hydrogen-bond acceptors (Lipinski definition) is 2. The van der Waals surface area contributed by atoms with Crippen molar-refractivity contribution in [2.24, 2.45) is 0 Å². The van der Waals surface area contributed by atoms with E-state index in [1.807, 2.05) is 12.1 Å². The molecule has 0 amide bonds. The van der Waals surface area contributed by atoms with E-state index in [-0.39, 0.29) is 0 Å². The van der Waals surface area contributed by atoms with Crippen LogP contribution >= 0.6 is 0 Å². The summed E-state index contributed by atoms with van der Waals surface area (Å²) in [5.74, 6) is 0.649. The molecule has 0 unspecified atom stereocenters. The van der Waals surface area contributed by atoms with Crippen LogP contribution in [0.2, 0.25) is 0 Å². The molecule has 1 aromatic heterocycles. The van der Waals surface area contributed by atoms with Gasteiger partial charge in [0.1, 0.15) is 0 Å². The number of benzene rings is 1. The smallest absolute Gasteiger partial charge is 0.0514 e. The van der Waals surface area contributed by atoms with Gasteiger partial charge in [-0.1, -0.05) is 30.3 Å². The molecule has 80 valence electrons. The second kappa shape index (κ2) is 3.63. The maximum Gasteiger partial charge on any atom is 0.0514 e. The molecule has 0 saturated heterocycles. The summed E-state index contributed by atoms with van der Waals surface area (Å²) in [6.45, 7) is 0. The normalized spacial score (nSPS) is 15.0. The molecule has 2 aromatic rings. The van der Waals surface area contributed by atoms with E-state index in [0.29, 0.717) is 5.92 Å². The molecule has 0 atom stereocenters. The lowest BCUT2D eigenvalue weighted by Crippen LogP contribution is -1.95. The van der Waals surface area contributed by atoms with Crippen LogP contribution in [0.5, 0.6) is 0 Å². The summed E-state index contributed by atoms with van der Waals surface area (Å²) in [4.78, 5) is 4.49. The SMILES string of the molecule is Nc1cnc(C2CC2)c(-c2ccccc2)c1. The quantitative estimate of drug-likeness (QED) is 0.826. The first-order chi connectivity index (χ1) is 7.84. The van der Waals surface area contributed by atoms with Crippen LogP contribution in [-0.4, -0.2) is 4.98 Å². The zero-order valence-electron chi connectivity index (χ0n) is 9.06. The third-order valence-corrected chi connectivity index (χ3v) is 2.99. The molecule has 1 saturated carbocycles. The van der Waals surface area contributed by atoms with Crippen molar-refractivity contribution in [3.63, 3.8) is 0 Å². The molecule has 0 spiro atoms. The lowest BCUT2D eigenvalue weighted by molar-refractivity contribution is 1.03. The maximum absolute atomic E-state index is 5.82. The Hall–Kier alpha value is -1.83. The van der Waals surface area contributed by atoms with Gasteiger partial charge in [-0.05, 0) is 24.5 Å². The van der Waals surface area contributed by atoms with Crippen LogP contribution in [0.3, 0.4) is 0 Å². The Balaban J connectivity index is 2.14. The number of pyridine rings is 1. The molecule has 1 heterocycles. The number of hydrogen-bond donors (Lipinski definition) is 1. The van der Waals surface area contributed by atoms with Gasteiger partial charge in [0, 0.05) is 11.5 Å². The molecular formula is C14H14N2. The Labute approximate surface area is 95.1 Å². The number of anilines is 1. The molecule has 2 heteroatoms. The molecule has 2 nitrogen and oxygen atoms in total. The molecule has 16 heavy (non-hydrogen) atoms. The summed E-state index contributed by atoms with van der Waals surface area (Å²) >= 11 is 0. The fourth-order valence-electron chi connectivity index (χ4n) is 2.02. The van der Waals surface area contributed by atoms with Gasteiger partial charge in [0.25, 0.3) is 0 Å². The Kier molecular flexibility index (Phi) is 2.13. The Morgan fingerprint density at radius 1 is 1.12 bits per heavy atom. The standard InChI is InChI=1S/C14H14N2/c15-12-8-13(10-4-2-1-3-5-10)14(16-9-12)11-6-7-11/h1-5,8-9,11H,6-7,15H2. The highest BCUT2D eigenvalue weighted by Crippen LogP contribution is 2.43. The molecular weight excluding hydrogens is 196 g/mol.